The number of nitrogens with two attached hydrogens (primary N) is 1. The molecule has 118 valence electrons. The van der Waals surface area contributed by atoms with Crippen LogP contribution in [0.3, 0.4) is 0 Å². The van der Waals surface area contributed by atoms with Crippen molar-refractivity contribution in [3.63, 3.8) is 0 Å². The molecule has 0 aromatic heterocycles. The molecule has 1 spiro atoms. The van der Waals surface area contributed by atoms with Crippen molar-refractivity contribution < 1.29 is 9.53 Å². The molecule has 22 heavy (non-hydrogen) atoms. The molecule has 3 fully saturated rings. The topological polar surface area (TPSA) is 64.4 Å². The van der Waals surface area contributed by atoms with E-state index in [1.54, 1.807) is 0 Å². The van der Waals surface area contributed by atoms with Gasteiger partial charge in [0, 0.05) is 36.1 Å². The summed E-state index contributed by atoms with van der Waals surface area (Å²) in [6, 6.07) is 7.91. The summed E-state index contributed by atoms with van der Waals surface area (Å²) >= 11 is 0. The van der Waals surface area contributed by atoms with E-state index in [2.05, 4.69) is 5.32 Å². The lowest BCUT2D eigenvalue weighted by molar-refractivity contribution is -0.126. The van der Waals surface area contributed by atoms with Crippen molar-refractivity contribution in [1.29, 1.82) is 0 Å². The van der Waals surface area contributed by atoms with Crippen molar-refractivity contribution in [2.45, 2.75) is 50.8 Å². The highest BCUT2D eigenvalue weighted by Crippen LogP contribution is 2.60. The summed E-state index contributed by atoms with van der Waals surface area (Å²) in [5, 5.41) is 3.32. The number of hydrogen-bond acceptors (Lipinski definition) is 3. The molecule has 1 aliphatic heterocycles. The highest BCUT2D eigenvalue weighted by atomic mass is 16.5. The quantitative estimate of drug-likeness (QED) is 0.899. The molecule has 3 atom stereocenters. The van der Waals surface area contributed by atoms with E-state index in [9.17, 15) is 4.79 Å². The smallest absolute Gasteiger partial charge is 0.251 e. The number of carbonyl (C=O) groups is 1. The third-order valence-electron chi connectivity index (χ3n) is 6.02. The van der Waals surface area contributed by atoms with Gasteiger partial charge in [0.15, 0.2) is 0 Å². The van der Waals surface area contributed by atoms with E-state index < -0.39 is 0 Å². The first kappa shape index (κ1) is 14.2. The van der Waals surface area contributed by atoms with Crippen molar-refractivity contribution >= 4 is 5.91 Å². The van der Waals surface area contributed by atoms with Crippen molar-refractivity contribution in [2.24, 2.45) is 17.1 Å². The van der Waals surface area contributed by atoms with Crippen LogP contribution >= 0.6 is 0 Å². The van der Waals surface area contributed by atoms with Crippen molar-refractivity contribution in [1.82, 2.24) is 5.32 Å². The number of rotatable bonds is 3. The van der Waals surface area contributed by atoms with E-state index in [-0.39, 0.29) is 11.3 Å². The summed E-state index contributed by atoms with van der Waals surface area (Å²) in [5.74, 6) is 0.565. The fourth-order valence-corrected chi connectivity index (χ4v) is 4.92. The first-order valence-electron chi connectivity index (χ1n) is 8.46. The van der Waals surface area contributed by atoms with Gasteiger partial charge in [-0.05, 0) is 37.0 Å². The minimum Gasteiger partial charge on any atom is -0.377 e. The predicted octanol–water partition coefficient (Wildman–Crippen LogP) is 2.22. The normalized spacial score (nSPS) is 31.8. The number of benzene rings is 1. The van der Waals surface area contributed by atoms with E-state index in [1.165, 1.54) is 25.7 Å². The van der Waals surface area contributed by atoms with Gasteiger partial charge in [0.1, 0.15) is 0 Å². The van der Waals surface area contributed by atoms with Crippen molar-refractivity contribution in [3.05, 3.63) is 35.4 Å². The van der Waals surface area contributed by atoms with Crippen LogP contribution in [-0.2, 0) is 11.3 Å². The lowest BCUT2D eigenvalue weighted by Crippen LogP contribution is -2.68. The van der Waals surface area contributed by atoms with Crippen LogP contribution in [0.1, 0.15) is 48.0 Å². The third-order valence-corrected chi connectivity index (χ3v) is 6.02. The summed E-state index contributed by atoms with van der Waals surface area (Å²) in [7, 11) is 0. The van der Waals surface area contributed by atoms with Crippen LogP contribution in [0.5, 0.6) is 0 Å². The average molecular weight is 300 g/mol. The largest absolute Gasteiger partial charge is 0.377 e. The highest BCUT2D eigenvalue weighted by Gasteiger charge is 2.65. The maximum absolute atomic E-state index is 12.6. The van der Waals surface area contributed by atoms with E-state index >= 15 is 0 Å². The van der Waals surface area contributed by atoms with Gasteiger partial charge in [-0.2, -0.15) is 0 Å². The zero-order valence-corrected chi connectivity index (χ0v) is 12.9. The molecule has 3 aliphatic rings. The van der Waals surface area contributed by atoms with Crippen LogP contribution < -0.4 is 11.1 Å². The lowest BCUT2D eigenvalue weighted by atomic mass is 9.54. The van der Waals surface area contributed by atoms with E-state index in [0.717, 1.165) is 24.2 Å². The third kappa shape index (κ3) is 2.01. The monoisotopic (exact) mass is 300 g/mol. The number of nitrogens with one attached hydrogen (secondary N) is 1. The van der Waals surface area contributed by atoms with Gasteiger partial charge < -0.3 is 15.8 Å². The summed E-state index contributed by atoms with van der Waals surface area (Å²) in [5.41, 5.74) is 7.61. The van der Waals surface area contributed by atoms with E-state index in [0.29, 0.717) is 24.6 Å². The van der Waals surface area contributed by atoms with Gasteiger partial charge in [-0.25, -0.2) is 0 Å². The van der Waals surface area contributed by atoms with Crippen LogP contribution in [0, 0.1) is 11.3 Å². The number of amides is 1. The number of fused-ring (bicyclic) bond motifs is 2. The second-order valence-corrected chi connectivity index (χ2v) is 7.04. The minimum atomic E-state index is 0.0465. The minimum absolute atomic E-state index is 0.0465. The molecule has 1 aromatic rings. The molecule has 1 heterocycles. The molecule has 3 N–H and O–H groups in total. The molecule has 4 heteroatoms. The van der Waals surface area contributed by atoms with Crippen LogP contribution in [0.15, 0.2) is 24.3 Å². The van der Waals surface area contributed by atoms with Crippen molar-refractivity contribution in [3.8, 4) is 0 Å². The second kappa shape index (κ2) is 5.36. The van der Waals surface area contributed by atoms with Gasteiger partial charge in [0.05, 0.1) is 6.10 Å². The molecular weight excluding hydrogens is 276 g/mol. The van der Waals surface area contributed by atoms with Crippen molar-refractivity contribution in [2.75, 3.05) is 6.61 Å². The van der Waals surface area contributed by atoms with E-state index in [4.69, 9.17) is 10.5 Å². The first-order valence-corrected chi connectivity index (χ1v) is 8.46. The summed E-state index contributed by atoms with van der Waals surface area (Å²) in [6.45, 7) is 1.36. The molecular formula is C18H24N2O2. The Morgan fingerprint density at radius 2 is 2.00 bits per heavy atom. The number of carbonyl (C=O) groups excluding carboxylic acids is 1. The van der Waals surface area contributed by atoms with Crippen LogP contribution in [0.4, 0.5) is 0 Å². The van der Waals surface area contributed by atoms with Gasteiger partial charge in [0.25, 0.3) is 5.91 Å². The van der Waals surface area contributed by atoms with Gasteiger partial charge in [-0.3, -0.25) is 4.79 Å². The van der Waals surface area contributed by atoms with Gasteiger partial charge >= 0.3 is 0 Å². The summed E-state index contributed by atoms with van der Waals surface area (Å²) in [6.07, 6.45) is 6.41. The standard InChI is InChI=1S/C18H24N2O2/c19-11-12-3-5-13(6-4-12)17(21)20-15-14-7-10-22-16(14)18(15)8-1-2-9-18/h3-6,14-16H,1-2,7-11,19H2,(H,20,21). The Morgan fingerprint density at radius 1 is 1.27 bits per heavy atom. The maximum Gasteiger partial charge on any atom is 0.251 e. The Bertz CT molecular complexity index is 563. The molecule has 1 amide bonds. The molecule has 1 saturated heterocycles. The molecule has 1 aromatic carbocycles. The Labute approximate surface area is 131 Å². The number of hydrogen-bond donors (Lipinski definition) is 2. The Kier molecular flexibility index (Phi) is 3.46. The Morgan fingerprint density at radius 3 is 2.68 bits per heavy atom. The lowest BCUT2D eigenvalue weighted by Gasteiger charge is -2.56. The zero-order chi connectivity index (χ0) is 15.2. The number of ether oxygens (including phenoxy) is 1. The molecule has 3 unspecified atom stereocenters. The highest BCUT2D eigenvalue weighted by molar-refractivity contribution is 5.94. The summed E-state index contributed by atoms with van der Waals surface area (Å²) < 4.78 is 5.97. The van der Waals surface area contributed by atoms with Crippen LogP contribution in [-0.4, -0.2) is 24.7 Å². The Hall–Kier alpha value is -1.39. The van der Waals surface area contributed by atoms with Gasteiger partial charge in [-0.1, -0.05) is 25.0 Å². The molecule has 4 rings (SSSR count). The van der Waals surface area contributed by atoms with Gasteiger partial charge in [0.2, 0.25) is 0 Å². The van der Waals surface area contributed by atoms with Crippen LogP contribution in [0.2, 0.25) is 0 Å². The Balaban J connectivity index is 1.50. The maximum atomic E-state index is 12.6. The molecule has 0 radical (unpaired) electrons. The fraction of sp³-hybridized carbons (Fsp3) is 0.611. The molecule has 0 bridgehead atoms. The van der Waals surface area contributed by atoms with Crippen LogP contribution in [0.25, 0.3) is 0 Å². The molecule has 2 aliphatic carbocycles. The SMILES string of the molecule is NCc1ccc(C(=O)NC2C3CCOC3C23CCCC3)cc1. The first-order chi connectivity index (χ1) is 10.7. The average Bonchev–Trinajstić information content (AvgIpc) is 3.21. The second-order valence-electron chi connectivity index (χ2n) is 7.04. The fourth-order valence-electron chi connectivity index (χ4n) is 4.92. The predicted molar refractivity (Wildman–Crippen MR) is 84.3 cm³/mol. The van der Waals surface area contributed by atoms with Gasteiger partial charge in [-0.15, -0.1) is 0 Å². The summed E-state index contributed by atoms with van der Waals surface area (Å²) in [4.78, 5) is 12.6. The zero-order valence-electron chi connectivity index (χ0n) is 12.9. The molecule has 2 saturated carbocycles. The van der Waals surface area contributed by atoms with E-state index in [1.807, 2.05) is 24.3 Å². The molecule has 4 nitrogen and oxygen atoms in total.